The van der Waals surface area contributed by atoms with Gasteiger partial charge in [-0.05, 0) is 37.6 Å². The Bertz CT molecular complexity index is 1990. The van der Waals surface area contributed by atoms with Gasteiger partial charge in [0.1, 0.15) is 6.26 Å². The number of hydrogen-bond donors (Lipinski definition) is 3. The smallest absolute Gasteiger partial charge is 0.277 e. The van der Waals surface area contributed by atoms with E-state index in [9.17, 15) is 9.59 Å². The van der Waals surface area contributed by atoms with E-state index in [-0.39, 0.29) is 11.6 Å². The van der Waals surface area contributed by atoms with Gasteiger partial charge in [-0.3, -0.25) is 14.3 Å². The van der Waals surface area contributed by atoms with Crippen molar-refractivity contribution in [1.82, 2.24) is 29.9 Å². The average molecular weight is 560 g/mol. The maximum Gasteiger partial charge on any atom is 0.277 e. The molecule has 0 bridgehead atoms. The van der Waals surface area contributed by atoms with Crippen molar-refractivity contribution < 1.29 is 14.1 Å². The van der Waals surface area contributed by atoms with Crippen LogP contribution in [-0.2, 0) is 13.6 Å². The monoisotopic (exact) mass is 559 g/mol. The van der Waals surface area contributed by atoms with Gasteiger partial charge in [-0.1, -0.05) is 23.4 Å². The number of rotatable bonds is 6. The van der Waals surface area contributed by atoms with Crippen LogP contribution in [0.15, 0.2) is 71.7 Å². The summed E-state index contributed by atoms with van der Waals surface area (Å²) in [6.45, 7) is 4.23. The van der Waals surface area contributed by atoms with Gasteiger partial charge in [0, 0.05) is 65.0 Å². The minimum Gasteiger partial charge on any atom is -0.364 e. The van der Waals surface area contributed by atoms with Crippen molar-refractivity contribution >= 4 is 45.9 Å². The van der Waals surface area contributed by atoms with Crippen LogP contribution < -0.4 is 15.5 Å². The molecule has 0 saturated heterocycles. The predicted octanol–water partition coefficient (Wildman–Crippen LogP) is 5.12. The van der Waals surface area contributed by atoms with E-state index < -0.39 is 5.91 Å². The van der Waals surface area contributed by atoms with Crippen LogP contribution in [0.3, 0.4) is 0 Å². The minimum atomic E-state index is -0.411. The van der Waals surface area contributed by atoms with Gasteiger partial charge in [-0.25, -0.2) is 9.97 Å². The van der Waals surface area contributed by atoms with Crippen molar-refractivity contribution in [2.75, 3.05) is 15.5 Å². The van der Waals surface area contributed by atoms with E-state index in [0.717, 1.165) is 44.7 Å². The molecule has 0 radical (unpaired) electrons. The van der Waals surface area contributed by atoms with Crippen LogP contribution in [0.1, 0.15) is 37.7 Å². The average Bonchev–Trinajstić information content (AvgIpc) is 3.78. The zero-order valence-electron chi connectivity index (χ0n) is 23.0. The number of aryl methyl sites for hydroxylation is 3. The Balaban J connectivity index is 1.22. The summed E-state index contributed by atoms with van der Waals surface area (Å²) in [6.07, 6.45) is 5.01. The SMILES string of the molecule is Cc1cnc(Nc2cc(C)n(C)n2)nc1-c1c[nH]c2c(N3Cc4c(NC(=O)c5ccon5)cccc4C3=O)cccc12. The number of H-pyrrole nitrogens is 1. The summed E-state index contributed by atoms with van der Waals surface area (Å²) in [5, 5.41) is 15.1. The molecule has 7 rings (SSSR count). The zero-order chi connectivity index (χ0) is 29.0. The topological polar surface area (TPSA) is 147 Å². The largest absolute Gasteiger partial charge is 0.364 e. The highest BCUT2D eigenvalue weighted by atomic mass is 16.5. The quantitative estimate of drug-likeness (QED) is 0.255. The van der Waals surface area contributed by atoms with E-state index in [1.165, 1.54) is 12.3 Å². The second-order valence-electron chi connectivity index (χ2n) is 10.1. The van der Waals surface area contributed by atoms with Crippen molar-refractivity contribution in [2.24, 2.45) is 7.05 Å². The molecular weight excluding hydrogens is 534 g/mol. The molecule has 1 aliphatic heterocycles. The molecule has 0 atom stereocenters. The number of fused-ring (bicyclic) bond motifs is 2. The van der Waals surface area contributed by atoms with Gasteiger partial charge in [0.25, 0.3) is 11.8 Å². The highest BCUT2D eigenvalue weighted by Gasteiger charge is 2.32. The summed E-state index contributed by atoms with van der Waals surface area (Å²) in [6, 6.07) is 14.5. The first kappa shape index (κ1) is 25.2. The Hall–Kier alpha value is -5.78. The summed E-state index contributed by atoms with van der Waals surface area (Å²) in [5.41, 5.74) is 7.06. The Morgan fingerprint density at radius 3 is 2.74 bits per heavy atom. The highest BCUT2D eigenvalue weighted by Crippen LogP contribution is 2.39. The van der Waals surface area contributed by atoms with E-state index in [0.29, 0.717) is 29.6 Å². The van der Waals surface area contributed by atoms with Gasteiger partial charge in [0.15, 0.2) is 11.5 Å². The summed E-state index contributed by atoms with van der Waals surface area (Å²) in [5.74, 6) is 0.534. The number of carbonyl (C=O) groups is 2. The van der Waals surface area contributed by atoms with Crippen molar-refractivity contribution in [3.8, 4) is 11.3 Å². The Labute approximate surface area is 239 Å². The van der Waals surface area contributed by atoms with E-state index in [1.807, 2.05) is 51.4 Å². The number of carbonyl (C=O) groups excluding carboxylic acids is 2. The molecule has 6 aromatic rings. The lowest BCUT2D eigenvalue weighted by Gasteiger charge is -2.17. The molecule has 42 heavy (non-hydrogen) atoms. The molecule has 0 unspecified atom stereocenters. The standard InChI is InChI=1S/C30H25N9O3/c1-16-13-32-30(34-25-12-17(2)38(3)36-25)35-26(16)20-14-31-27-18(20)6-5-9-24(27)39-15-21-19(29(39)41)7-4-8-22(21)33-28(40)23-10-11-42-37-23/h4-14,31H,15H2,1-3H3,(H,33,40)(H,32,34,35,36). The molecule has 0 fully saturated rings. The van der Waals surface area contributed by atoms with Crippen LogP contribution >= 0.6 is 0 Å². The third-order valence-electron chi connectivity index (χ3n) is 7.45. The molecule has 0 aliphatic carbocycles. The summed E-state index contributed by atoms with van der Waals surface area (Å²) in [7, 11) is 1.88. The number of nitrogens with one attached hydrogen (secondary N) is 3. The molecule has 1 aliphatic rings. The number of anilines is 4. The molecule has 12 nitrogen and oxygen atoms in total. The Kier molecular flexibility index (Phi) is 5.82. The van der Waals surface area contributed by atoms with Gasteiger partial charge in [0.05, 0.1) is 23.4 Å². The molecule has 2 amide bonds. The van der Waals surface area contributed by atoms with Gasteiger partial charge in [0.2, 0.25) is 5.95 Å². The fraction of sp³-hybridized carbons (Fsp3) is 0.133. The number of nitrogens with zero attached hydrogens (tertiary/aromatic N) is 6. The van der Waals surface area contributed by atoms with Crippen LogP contribution in [-0.4, -0.2) is 41.7 Å². The summed E-state index contributed by atoms with van der Waals surface area (Å²) >= 11 is 0. The van der Waals surface area contributed by atoms with Gasteiger partial charge in [-0.2, -0.15) is 5.10 Å². The maximum atomic E-state index is 13.6. The normalized spacial score (nSPS) is 12.6. The maximum absolute atomic E-state index is 13.6. The third kappa shape index (κ3) is 4.17. The van der Waals surface area contributed by atoms with Gasteiger partial charge >= 0.3 is 0 Å². The Morgan fingerprint density at radius 2 is 1.95 bits per heavy atom. The molecule has 208 valence electrons. The van der Waals surface area contributed by atoms with Crippen molar-refractivity contribution in [2.45, 2.75) is 20.4 Å². The summed E-state index contributed by atoms with van der Waals surface area (Å²) in [4.78, 5) is 40.6. The van der Waals surface area contributed by atoms with Crippen molar-refractivity contribution in [1.29, 1.82) is 0 Å². The lowest BCUT2D eigenvalue weighted by atomic mass is 10.1. The number of amides is 2. The lowest BCUT2D eigenvalue weighted by Crippen LogP contribution is -2.23. The zero-order valence-corrected chi connectivity index (χ0v) is 23.0. The highest BCUT2D eigenvalue weighted by molar-refractivity contribution is 6.16. The number of aromatic amines is 1. The first-order valence-corrected chi connectivity index (χ1v) is 13.2. The molecule has 0 spiro atoms. The van der Waals surface area contributed by atoms with Gasteiger partial charge < -0.3 is 25.0 Å². The molecule has 3 N–H and O–H groups in total. The van der Waals surface area contributed by atoms with E-state index >= 15 is 0 Å². The molecule has 5 heterocycles. The van der Waals surface area contributed by atoms with Gasteiger partial charge in [-0.15, -0.1) is 0 Å². The molecular formula is C30H25N9O3. The second-order valence-corrected chi connectivity index (χ2v) is 10.1. The van der Waals surface area contributed by atoms with E-state index in [4.69, 9.17) is 9.51 Å². The van der Waals surface area contributed by atoms with Crippen LogP contribution in [0, 0.1) is 13.8 Å². The van der Waals surface area contributed by atoms with Crippen LogP contribution in [0.25, 0.3) is 22.2 Å². The fourth-order valence-corrected chi connectivity index (χ4v) is 5.23. The number of aromatic nitrogens is 6. The fourth-order valence-electron chi connectivity index (χ4n) is 5.23. The predicted molar refractivity (Wildman–Crippen MR) is 157 cm³/mol. The third-order valence-corrected chi connectivity index (χ3v) is 7.45. The minimum absolute atomic E-state index is 0.151. The molecule has 0 saturated carbocycles. The first-order chi connectivity index (χ1) is 20.4. The molecule has 4 aromatic heterocycles. The Morgan fingerprint density at radius 1 is 1.10 bits per heavy atom. The van der Waals surface area contributed by atoms with E-state index in [1.54, 1.807) is 34.0 Å². The number of para-hydroxylation sites is 1. The van der Waals surface area contributed by atoms with Crippen LogP contribution in [0.5, 0.6) is 0 Å². The van der Waals surface area contributed by atoms with Crippen LogP contribution in [0.4, 0.5) is 23.1 Å². The number of benzene rings is 2. The molecule has 2 aromatic carbocycles. The first-order valence-electron chi connectivity index (χ1n) is 13.2. The lowest BCUT2D eigenvalue weighted by molar-refractivity contribution is 0.0993. The van der Waals surface area contributed by atoms with Crippen LogP contribution in [0.2, 0.25) is 0 Å². The second kappa shape index (κ2) is 9.70. The molecule has 12 heteroatoms. The summed E-state index contributed by atoms with van der Waals surface area (Å²) < 4.78 is 6.57. The van der Waals surface area contributed by atoms with Crippen molar-refractivity contribution in [3.05, 3.63) is 95.3 Å². The number of hydrogen-bond acceptors (Lipinski definition) is 8. The van der Waals surface area contributed by atoms with Crippen molar-refractivity contribution in [3.63, 3.8) is 0 Å². The van der Waals surface area contributed by atoms with E-state index in [2.05, 4.69) is 30.9 Å².